The topological polar surface area (TPSA) is 107 Å². The van der Waals surface area contributed by atoms with Gasteiger partial charge in [-0.3, -0.25) is 0 Å². The van der Waals surface area contributed by atoms with Crippen LogP contribution in [0.1, 0.15) is 6.92 Å². The zero-order chi connectivity index (χ0) is 11.1. The van der Waals surface area contributed by atoms with Gasteiger partial charge in [0, 0.05) is 0 Å². The van der Waals surface area contributed by atoms with E-state index in [0.717, 1.165) is 0 Å². The largest absolute Gasteiger partial charge is 0.433 e. The second-order valence-corrected chi connectivity index (χ2v) is 2.56. The second-order valence-electron chi connectivity index (χ2n) is 2.56. The standard InChI is InChI=1S/C8H14O6/c1-5(12)14-8(13)7(4-11)6(2-9)3-10/h5,9-12H,2-4H2,1H3. The summed E-state index contributed by atoms with van der Waals surface area (Å²) in [6.45, 7) is -0.547. The lowest BCUT2D eigenvalue weighted by Crippen LogP contribution is -2.20. The highest BCUT2D eigenvalue weighted by atomic mass is 16.6. The fourth-order valence-corrected chi connectivity index (χ4v) is 0.788. The molecule has 0 aliphatic carbocycles. The van der Waals surface area contributed by atoms with E-state index in [1.807, 2.05) is 0 Å². The molecule has 0 aliphatic rings. The first kappa shape index (κ1) is 13.1. The van der Waals surface area contributed by atoms with Crippen LogP contribution < -0.4 is 0 Å². The molecule has 0 heterocycles. The van der Waals surface area contributed by atoms with E-state index < -0.39 is 32.1 Å². The summed E-state index contributed by atoms with van der Waals surface area (Å²) >= 11 is 0. The van der Waals surface area contributed by atoms with E-state index in [2.05, 4.69) is 4.74 Å². The highest BCUT2D eigenvalue weighted by Crippen LogP contribution is 2.06. The van der Waals surface area contributed by atoms with Gasteiger partial charge < -0.3 is 25.2 Å². The van der Waals surface area contributed by atoms with Gasteiger partial charge in [0.1, 0.15) is 0 Å². The molecular formula is C8H14O6. The molecule has 6 heteroatoms. The Labute approximate surface area is 81.1 Å². The Morgan fingerprint density at radius 3 is 2.00 bits per heavy atom. The predicted octanol–water partition coefficient (Wildman–Crippen LogP) is -1.86. The van der Waals surface area contributed by atoms with Crippen molar-refractivity contribution in [1.82, 2.24) is 0 Å². The van der Waals surface area contributed by atoms with Gasteiger partial charge in [-0.15, -0.1) is 0 Å². The van der Waals surface area contributed by atoms with Crippen LogP contribution >= 0.6 is 0 Å². The van der Waals surface area contributed by atoms with Gasteiger partial charge in [0.25, 0.3) is 0 Å². The molecule has 0 rings (SSSR count). The molecule has 4 N–H and O–H groups in total. The minimum Gasteiger partial charge on any atom is -0.433 e. The first-order valence-corrected chi connectivity index (χ1v) is 3.99. The summed E-state index contributed by atoms with van der Waals surface area (Å²) in [5.74, 6) is -0.958. The van der Waals surface area contributed by atoms with Gasteiger partial charge in [-0.05, 0) is 12.5 Å². The molecule has 0 spiro atoms. The van der Waals surface area contributed by atoms with E-state index >= 15 is 0 Å². The fraction of sp³-hybridized carbons (Fsp3) is 0.625. The van der Waals surface area contributed by atoms with Crippen molar-refractivity contribution in [2.24, 2.45) is 0 Å². The Morgan fingerprint density at radius 1 is 1.21 bits per heavy atom. The molecule has 0 aliphatic heterocycles. The van der Waals surface area contributed by atoms with Crippen LogP contribution in [0.4, 0.5) is 0 Å². The first-order valence-electron chi connectivity index (χ1n) is 3.99. The van der Waals surface area contributed by atoms with E-state index in [1.54, 1.807) is 0 Å². The molecule has 0 saturated heterocycles. The van der Waals surface area contributed by atoms with Crippen molar-refractivity contribution in [3.05, 3.63) is 11.1 Å². The van der Waals surface area contributed by atoms with Crippen molar-refractivity contribution in [1.29, 1.82) is 0 Å². The van der Waals surface area contributed by atoms with Crippen molar-refractivity contribution in [3.8, 4) is 0 Å². The summed E-state index contributed by atoms with van der Waals surface area (Å²) in [5, 5.41) is 34.9. The monoisotopic (exact) mass is 206 g/mol. The van der Waals surface area contributed by atoms with Gasteiger partial charge in [0.2, 0.25) is 0 Å². The zero-order valence-electron chi connectivity index (χ0n) is 7.80. The van der Waals surface area contributed by atoms with E-state index in [0.29, 0.717) is 0 Å². The molecule has 0 aromatic heterocycles. The summed E-state index contributed by atoms with van der Waals surface area (Å²) in [5.41, 5.74) is -0.269. The number of aliphatic hydroxyl groups is 4. The van der Waals surface area contributed by atoms with Gasteiger partial charge in [0.05, 0.1) is 25.4 Å². The van der Waals surface area contributed by atoms with Crippen molar-refractivity contribution in [3.63, 3.8) is 0 Å². The fourth-order valence-electron chi connectivity index (χ4n) is 0.788. The highest BCUT2D eigenvalue weighted by Gasteiger charge is 2.16. The predicted molar refractivity (Wildman–Crippen MR) is 46.1 cm³/mol. The smallest absolute Gasteiger partial charge is 0.338 e. The molecule has 0 aromatic carbocycles. The molecular weight excluding hydrogens is 192 g/mol. The average molecular weight is 206 g/mol. The Hall–Kier alpha value is -0.950. The van der Waals surface area contributed by atoms with Crippen LogP contribution in [0, 0.1) is 0 Å². The maximum atomic E-state index is 11.1. The highest BCUT2D eigenvalue weighted by molar-refractivity contribution is 5.89. The van der Waals surface area contributed by atoms with Crippen molar-refractivity contribution in [2.45, 2.75) is 13.2 Å². The third-order valence-electron chi connectivity index (χ3n) is 1.49. The molecule has 0 radical (unpaired) electrons. The second kappa shape index (κ2) is 6.50. The van der Waals surface area contributed by atoms with Crippen molar-refractivity contribution < 1.29 is 30.0 Å². The van der Waals surface area contributed by atoms with Gasteiger partial charge in [0.15, 0.2) is 6.29 Å². The van der Waals surface area contributed by atoms with Gasteiger partial charge >= 0.3 is 5.97 Å². The Kier molecular flexibility index (Phi) is 6.06. The van der Waals surface area contributed by atoms with Crippen LogP contribution in [0.15, 0.2) is 11.1 Å². The number of aliphatic hydroxyl groups excluding tert-OH is 4. The third-order valence-corrected chi connectivity index (χ3v) is 1.49. The Morgan fingerprint density at radius 2 is 1.71 bits per heavy atom. The molecule has 1 atom stereocenters. The third kappa shape index (κ3) is 3.84. The molecule has 0 amide bonds. The van der Waals surface area contributed by atoms with E-state index in [4.69, 9.17) is 20.4 Å². The van der Waals surface area contributed by atoms with Crippen LogP contribution in [-0.2, 0) is 9.53 Å². The first-order chi connectivity index (χ1) is 6.56. The Balaban J connectivity index is 4.69. The van der Waals surface area contributed by atoms with E-state index in [1.165, 1.54) is 6.92 Å². The van der Waals surface area contributed by atoms with Crippen molar-refractivity contribution >= 4 is 5.97 Å². The summed E-state index contributed by atoms with van der Waals surface area (Å²) in [7, 11) is 0. The number of esters is 1. The van der Waals surface area contributed by atoms with Gasteiger partial charge in [-0.2, -0.15) is 0 Å². The normalized spacial score (nSPS) is 12.1. The maximum Gasteiger partial charge on any atom is 0.338 e. The van der Waals surface area contributed by atoms with Crippen LogP contribution in [-0.4, -0.2) is 52.5 Å². The molecule has 0 saturated carbocycles. The maximum absolute atomic E-state index is 11.1. The molecule has 0 fully saturated rings. The summed E-state index contributed by atoms with van der Waals surface area (Å²) in [4.78, 5) is 11.1. The molecule has 0 bridgehead atoms. The lowest BCUT2D eigenvalue weighted by atomic mass is 10.1. The average Bonchev–Trinajstić information content (AvgIpc) is 2.12. The van der Waals surface area contributed by atoms with Crippen LogP contribution in [0.25, 0.3) is 0 Å². The van der Waals surface area contributed by atoms with Crippen LogP contribution in [0.2, 0.25) is 0 Å². The summed E-state index contributed by atoms with van der Waals surface area (Å²) < 4.78 is 4.36. The number of rotatable bonds is 5. The number of hydrogen-bond acceptors (Lipinski definition) is 6. The number of carbonyl (C=O) groups is 1. The van der Waals surface area contributed by atoms with Gasteiger partial charge in [-0.1, -0.05) is 0 Å². The lowest BCUT2D eigenvalue weighted by Gasteiger charge is -2.11. The molecule has 14 heavy (non-hydrogen) atoms. The molecule has 82 valence electrons. The minimum atomic E-state index is -1.30. The summed E-state index contributed by atoms with van der Waals surface area (Å²) in [6, 6.07) is 0. The van der Waals surface area contributed by atoms with Gasteiger partial charge in [-0.25, -0.2) is 4.79 Å². The summed E-state index contributed by atoms with van der Waals surface area (Å²) in [6.07, 6.45) is -1.30. The van der Waals surface area contributed by atoms with E-state index in [-0.39, 0.29) is 11.1 Å². The van der Waals surface area contributed by atoms with Crippen LogP contribution in [0.5, 0.6) is 0 Å². The van der Waals surface area contributed by atoms with Crippen LogP contribution in [0.3, 0.4) is 0 Å². The number of carbonyl (C=O) groups excluding carboxylic acids is 1. The number of hydrogen-bond donors (Lipinski definition) is 4. The quantitative estimate of drug-likeness (QED) is 0.239. The Bertz CT molecular complexity index is 214. The molecule has 6 nitrogen and oxygen atoms in total. The molecule has 1 unspecified atom stereocenters. The van der Waals surface area contributed by atoms with Crippen molar-refractivity contribution in [2.75, 3.05) is 19.8 Å². The molecule has 0 aromatic rings. The minimum absolute atomic E-state index is 0.0295. The SMILES string of the molecule is CC(O)OC(=O)C(CO)=C(CO)CO. The number of ether oxygens (including phenoxy) is 1. The lowest BCUT2D eigenvalue weighted by molar-refractivity contribution is -0.160. The zero-order valence-corrected chi connectivity index (χ0v) is 7.80. The van der Waals surface area contributed by atoms with E-state index in [9.17, 15) is 4.79 Å².